The lowest BCUT2D eigenvalue weighted by Crippen LogP contribution is -2.07. The minimum absolute atomic E-state index is 0.697. The van der Waals surface area contributed by atoms with Crippen molar-refractivity contribution in [2.75, 3.05) is 19.8 Å². The zero-order valence-corrected chi connectivity index (χ0v) is 12.6. The lowest BCUT2D eigenvalue weighted by atomic mass is 10.1. The van der Waals surface area contributed by atoms with E-state index in [1.54, 1.807) is 0 Å². The molecule has 0 atom stereocenters. The number of benzene rings is 1. The van der Waals surface area contributed by atoms with Crippen molar-refractivity contribution >= 4 is 10.9 Å². The normalized spacial score (nSPS) is 11.6. The van der Waals surface area contributed by atoms with Crippen LogP contribution in [0.2, 0.25) is 0 Å². The van der Waals surface area contributed by atoms with Crippen molar-refractivity contribution in [1.82, 2.24) is 4.57 Å². The molecule has 3 nitrogen and oxygen atoms in total. The molecule has 2 rings (SSSR count). The van der Waals surface area contributed by atoms with Gasteiger partial charge in [-0.25, -0.2) is 0 Å². The summed E-state index contributed by atoms with van der Waals surface area (Å²) in [5.41, 5.74) is 8.29. The van der Waals surface area contributed by atoms with Crippen LogP contribution in [0.5, 0.6) is 0 Å². The van der Waals surface area contributed by atoms with Gasteiger partial charge >= 0.3 is 0 Å². The minimum Gasteiger partial charge on any atom is -0.380 e. The van der Waals surface area contributed by atoms with Crippen molar-refractivity contribution in [1.29, 1.82) is 0 Å². The maximum Gasteiger partial charge on any atom is 0.0645 e. The maximum absolute atomic E-state index is 5.70. The van der Waals surface area contributed by atoms with Crippen molar-refractivity contribution in [3.63, 3.8) is 0 Å². The molecule has 0 unspecified atom stereocenters. The molecule has 0 fully saturated rings. The number of rotatable bonds is 8. The average molecular weight is 274 g/mol. The van der Waals surface area contributed by atoms with Gasteiger partial charge in [0.15, 0.2) is 0 Å². The molecule has 3 heteroatoms. The summed E-state index contributed by atoms with van der Waals surface area (Å²) in [4.78, 5) is 0. The number of ether oxygens (including phenoxy) is 1. The Kier molecular flexibility index (Phi) is 5.62. The Morgan fingerprint density at radius 2 is 2.05 bits per heavy atom. The Labute approximate surface area is 121 Å². The van der Waals surface area contributed by atoms with Crippen LogP contribution in [0, 0.1) is 5.92 Å². The molecule has 0 aliphatic rings. The Morgan fingerprint density at radius 3 is 2.80 bits per heavy atom. The van der Waals surface area contributed by atoms with Gasteiger partial charge in [0, 0.05) is 30.3 Å². The third kappa shape index (κ3) is 3.84. The van der Waals surface area contributed by atoms with Gasteiger partial charge in [0.25, 0.3) is 0 Å². The van der Waals surface area contributed by atoms with Crippen LogP contribution in [0.3, 0.4) is 0 Å². The Bertz CT molecular complexity index is 531. The molecule has 0 spiro atoms. The molecule has 0 amide bonds. The van der Waals surface area contributed by atoms with Crippen molar-refractivity contribution in [2.45, 2.75) is 33.2 Å². The Balaban J connectivity index is 1.95. The topological polar surface area (TPSA) is 40.2 Å². The highest BCUT2D eigenvalue weighted by Gasteiger charge is 2.05. The molecule has 0 radical (unpaired) electrons. The molecule has 0 bridgehead atoms. The molecule has 0 aliphatic heterocycles. The average Bonchev–Trinajstić information content (AvgIpc) is 2.83. The fourth-order valence-electron chi connectivity index (χ4n) is 2.44. The zero-order valence-electron chi connectivity index (χ0n) is 12.6. The molecular weight excluding hydrogens is 248 g/mol. The number of fused-ring (bicyclic) bond motifs is 1. The molecule has 2 aromatic rings. The molecule has 0 saturated carbocycles. The van der Waals surface area contributed by atoms with Crippen molar-refractivity contribution in [3.05, 3.63) is 36.0 Å². The van der Waals surface area contributed by atoms with E-state index < -0.39 is 0 Å². The first kappa shape index (κ1) is 15.1. The summed E-state index contributed by atoms with van der Waals surface area (Å²) in [5, 5.41) is 1.32. The molecule has 0 aliphatic carbocycles. The summed E-state index contributed by atoms with van der Waals surface area (Å²) in [6.45, 7) is 7.69. The molecule has 1 heterocycles. The van der Waals surface area contributed by atoms with Gasteiger partial charge in [0.1, 0.15) is 0 Å². The molecule has 2 N–H and O–H groups in total. The van der Waals surface area contributed by atoms with E-state index in [0.717, 1.165) is 32.6 Å². The Morgan fingerprint density at radius 1 is 1.20 bits per heavy atom. The van der Waals surface area contributed by atoms with E-state index in [-0.39, 0.29) is 0 Å². The first-order chi connectivity index (χ1) is 9.72. The summed E-state index contributed by atoms with van der Waals surface area (Å²) in [5.74, 6) is 0.709. The lowest BCUT2D eigenvalue weighted by Gasteiger charge is -2.09. The van der Waals surface area contributed by atoms with Gasteiger partial charge in [-0.05, 0) is 43.0 Å². The van der Waals surface area contributed by atoms with E-state index >= 15 is 0 Å². The van der Waals surface area contributed by atoms with Gasteiger partial charge in [-0.2, -0.15) is 0 Å². The molecule has 0 saturated heterocycles. The predicted octanol–water partition coefficient (Wildman–Crippen LogP) is 3.21. The lowest BCUT2D eigenvalue weighted by molar-refractivity contribution is 0.117. The van der Waals surface area contributed by atoms with Crippen molar-refractivity contribution in [3.8, 4) is 0 Å². The summed E-state index contributed by atoms with van der Waals surface area (Å²) in [6.07, 6.45) is 4.22. The zero-order chi connectivity index (χ0) is 14.4. The smallest absolute Gasteiger partial charge is 0.0645 e. The second-order valence-electron chi connectivity index (χ2n) is 5.69. The number of nitrogens with two attached hydrogens (primary N) is 1. The van der Waals surface area contributed by atoms with E-state index in [4.69, 9.17) is 10.5 Å². The fourth-order valence-corrected chi connectivity index (χ4v) is 2.44. The summed E-state index contributed by atoms with van der Waals surface area (Å²) in [7, 11) is 0. The number of hydrogen-bond donors (Lipinski definition) is 1. The summed E-state index contributed by atoms with van der Waals surface area (Å²) >= 11 is 0. The molecule has 1 aromatic heterocycles. The molecular formula is C17H26N2O. The van der Waals surface area contributed by atoms with E-state index in [1.165, 1.54) is 16.5 Å². The molecule has 1 aromatic carbocycles. The monoisotopic (exact) mass is 274 g/mol. The highest BCUT2D eigenvalue weighted by Crippen LogP contribution is 2.20. The minimum atomic E-state index is 0.697. The largest absolute Gasteiger partial charge is 0.380 e. The third-order valence-corrected chi connectivity index (χ3v) is 3.63. The van der Waals surface area contributed by atoms with Crippen LogP contribution in [-0.4, -0.2) is 24.3 Å². The van der Waals surface area contributed by atoms with Crippen LogP contribution in [-0.2, 0) is 17.7 Å². The van der Waals surface area contributed by atoms with Crippen LogP contribution < -0.4 is 5.73 Å². The van der Waals surface area contributed by atoms with E-state index in [1.807, 2.05) is 0 Å². The second kappa shape index (κ2) is 7.46. The fraction of sp³-hybridized carbons (Fsp3) is 0.529. The molecule has 20 heavy (non-hydrogen) atoms. The molecule has 110 valence electrons. The standard InChI is InChI=1S/C17H26N2O/c1-14(2)8-12-20-13-11-19-10-7-16-15(6-9-18)4-3-5-17(16)19/h3-5,7,10,14H,6,8-9,11-13,18H2,1-2H3. The van der Waals surface area contributed by atoms with E-state index in [2.05, 4.69) is 48.9 Å². The van der Waals surface area contributed by atoms with Crippen molar-refractivity contribution in [2.24, 2.45) is 11.7 Å². The van der Waals surface area contributed by atoms with Gasteiger partial charge in [-0.15, -0.1) is 0 Å². The number of hydrogen-bond acceptors (Lipinski definition) is 2. The van der Waals surface area contributed by atoms with Gasteiger partial charge in [-0.1, -0.05) is 26.0 Å². The maximum atomic E-state index is 5.70. The van der Waals surface area contributed by atoms with Crippen LogP contribution in [0.4, 0.5) is 0 Å². The number of aromatic nitrogens is 1. The van der Waals surface area contributed by atoms with Crippen LogP contribution >= 0.6 is 0 Å². The number of nitrogens with zero attached hydrogens (tertiary/aromatic N) is 1. The van der Waals surface area contributed by atoms with E-state index in [9.17, 15) is 0 Å². The van der Waals surface area contributed by atoms with Crippen molar-refractivity contribution < 1.29 is 4.74 Å². The van der Waals surface area contributed by atoms with Crippen LogP contribution in [0.15, 0.2) is 30.5 Å². The first-order valence-corrected chi connectivity index (χ1v) is 7.57. The summed E-state index contributed by atoms with van der Waals surface area (Å²) in [6, 6.07) is 8.64. The first-order valence-electron chi connectivity index (χ1n) is 7.57. The van der Waals surface area contributed by atoms with Gasteiger partial charge < -0.3 is 15.0 Å². The SMILES string of the molecule is CC(C)CCOCCn1ccc2c(CCN)cccc21. The second-order valence-corrected chi connectivity index (χ2v) is 5.69. The predicted molar refractivity (Wildman–Crippen MR) is 85.0 cm³/mol. The van der Waals surface area contributed by atoms with Crippen LogP contribution in [0.25, 0.3) is 10.9 Å². The third-order valence-electron chi connectivity index (χ3n) is 3.63. The van der Waals surface area contributed by atoms with Gasteiger partial charge in [0.2, 0.25) is 0 Å². The Hall–Kier alpha value is -1.32. The quantitative estimate of drug-likeness (QED) is 0.751. The van der Waals surface area contributed by atoms with E-state index in [0.29, 0.717) is 12.5 Å². The summed E-state index contributed by atoms with van der Waals surface area (Å²) < 4.78 is 7.97. The van der Waals surface area contributed by atoms with Gasteiger partial charge in [0.05, 0.1) is 6.61 Å². The van der Waals surface area contributed by atoms with Crippen LogP contribution in [0.1, 0.15) is 25.8 Å². The highest BCUT2D eigenvalue weighted by atomic mass is 16.5. The van der Waals surface area contributed by atoms with Gasteiger partial charge in [-0.3, -0.25) is 0 Å². The highest BCUT2D eigenvalue weighted by molar-refractivity contribution is 5.83.